The van der Waals surface area contributed by atoms with Gasteiger partial charge in [0, 0.05) is 26.2 Å². The molecule has 5 nitrogen and oxygen atoms in total. The number of nitrogens with zero attached hydrogens (tertiary/aromatic N) is 3. The second-order valence-corrected chi connectivity index (χ2v) is 6.80. The number of piperidine rings is 1. The fourth-order valence-electron chi connectivity index (χ4n) is 1.89. The molecule has 0 aromatic heterocycles. The molecule has 0 aliphatic carbocycles. The van der Waals surface area contributed by atoms with Gasteiger partial charge < -0.3 is 0 Å². The zero-order valence-corrected chi connectivity index (χ0v) is 11.6. The highest BCUT2D eigenvalue weighted by Crippen LogP contribution is 2.21. The van der Waals surface area contributed by atoms with Gasteiger partial charge >= 0.3 is 0 Å². The van der Waals surface area contributed by atoms with Gasteiger partial charge in [0.2, 0.25) is 0 Å². The minimum Gasteiger partial charge on any atom is -0.198 e. The predicted octanol–water partition coefficient (Wildman–Crippen LogP) is 1.20. The van der Waals surface area contributed by atoms with Crippen LogP contribution >= 0.6 is 0 Å². The third kappa shape index (κ3) is 3.41. The highest BCUT2D eigenvalue weighted by atomic mass is 32.2. The molecule has 1 fully saturated rings. The average molecular weight is 259 g/mol. The first-order valence-corrected chi connectivity index (χ1v) is 7.39. The highest BCUT2D eigenvalue weighted by molar-refractivity contribution is 7.86. The lowest BCUT2D eigenvalue weighted by Gasteiger charge is -2.34. The molecule has 98 valence electrons. The molecule has 1 atom stereocenters. The smallest absolute Gasteiger partial charge is 0.198 e. The Morgan fingerprint density at radius 3 is 2.47 bits per heavy atom. The summed E-state index contributed by atoms with van der Waals surface area (Å²) in [7, 11) is -1.84. The fraction of sp³-hybridized carbons (Fsp3) is 0.909. The summed E-state index contributed by atoms with van der Waals surface area (Å²) in [5, 5.41) is 8.61. The summed E-state index contributed by atoms with van der Waals surface area (Å²) in [6, 6.07) is 1.73. The maximum atomic E-state index is 12.3. The van der Waals surface area contributed by atoms with Crippen LogP contribution in [0.15, 0.2) is 0 Å². The Morgan fingerprint density at radius 2 is 2.00 bits per heavy atom. The van der Waals surface area contributed by atoms with Crippen LogP contribution in [0.1, 0.15) is 33.1 Å². The number of hydrogen-bond acceptors (Lipinski definition) is 3. The highest BCUT2D eigenvalue weighted by Gasteiger charge is 2.32. The fourth-order valence-corrected chi connectivity index (χ4v) is 3.45. The molecule has 17 heavy (non-hydrogen) atoms. The summed E-state index contributed by atoms with van der Waals surface area (Å²) in [4.78, 5) is 0. The van der Waals surface area contributed by atoms with Crippen molar-refractivity contribution >= 4 is 10.2 Å². The van der Waals surface area contributed by atoms with Crippen molar-refractivity contribution in [2.45, 2.75) is 39.2 Å². The van der Waals surface area contributed by atoms with Crippen molar-refractivity contribution in [3.05, 3.63) is 0 Å². The summed E-state index contributed by atoms with van der Waals surface area (Å²) in [6.45, 7) is 5.08. The van der Waals surface area contributed by atoms with E-state index < -0.39 is 10.2 Å². The molecule has 1 unspecified atom stereocenters. The van der Waals surface area contributed by atoms with Crippen LogP contribution < -0.4 is 0 Å². The lowest BCUT2D eigenvalue weighted by molar-refractivity contribution is 0.261. The zero-order chi connectivity index (χ0) is 13.1. The third-order valence-corrected chi connectivity index (χ3v) is 5.55. The second-order valence-electron chi connectivity index (χ2n) is 4.82. The second kappa shape index (κ2) is 5.80. The Kier molecular flexibility index (Phi) is 4.92. The van der Waals surface area contributed by atoms with Gasteiger partial charge in [-0.3, -0.25) is 0 Å². The summed E-state index contributed by atoms with van der Waals surface area (Å²) < 4.78 is 27.3. The van der Waals surface area contributed by atoms with E-state index >= 15 is 0 Å². The summed E-state index contributed by atoms with van der Waals surface area (Å²) in [6.07, 6.45) is 2.05. The topological polar surface area (TPSA) is 64.4 Å². The van der Waals surface area contributed by atoms with Crippen molar-refractivity contribution in [1.82, 2.24) is 8.61 Å². The summed E-state index contributed by atoms with van der Waals surface area (Å²) in [5.74, 6) is 0.600. The maximum absolute atomic E-state index is 12.3. The van der Waals surface area contributed by atoms with E-state index in [2.05, 4.69) is 6.92 Å². The van der Waals surface area contributed by atoms with E-state index in [0.717, 1.165) is 12.8 Å². The first-order chi connectivity index (χ1) is 7.89. The number of nitriles is 1. The van der Waals surface area contributed by atoms with Crippen LogP contribution in [-0.2, 0) is 10.2 Å². The Balaban J connectivity index is 2.71. The van der Waals surface area contributed by atoms with Crippen LogP contribution in [0, 0.1) is 17.2 Å². The molecular formula is C11H21N3O2S. The molecule has 6 heteroatoms. The first kappa shape index (κ1) is 14.4. The van der Waals surface area contributed by atoms with E-state index in [4.69, 9.17) is 5.26 Å². The van der Waals surface area contributed by atoms with Gasteiger partial charge in [-0.25, -0.2) is 0 Å². The SMILES string of the molecule is CC1CCN(S(=O)(=O)N(C)C(C)CC#N)CC1. The third-order valence-electron chi connectivity index (χ3n) is 3.44. The van der Waals surface area contributed by atoms with Crippen LogP contribution in [0.2, 0.25) is 0 Å². The Labute approximate surface area is 104 Å². The van der Waals surface area contributed by atoms with Crippen molar-refractivity contribution < 1.29 is 8.42 Å². The van der Waals surface area contributed by atoms with Crippen LogP contribution in [0.4, 0.5) is 0 Å². The van der Waals surface area contributed by atoms with Gasteiger partial charge in [0.25, 0.3) is 10.2 Å². The number of rotatable bonds is 4. The van der Waals surface area contributed by atoms with E-state index in [0.29, 0.717) is 19.0 Å². The molecule has 0 bridgehead atoms. The molecule has 0 aromatic carbocycles. The molecule has 0 amide bonds. The Bertz CT molecular complexity index is 380. The lowest BCUT2D eigenvalue weighted by Crippen LogP contribution is -2.48. The van der Waals surface area contributed by atoms with E-state index in [1.807, 2.05) is 6.07 Å². The molecule has 1 rings (SSSR count). The van der Waals surface area contributed by atoms with E-state index in [1.54, 1.807) is 14.0 Å². The molecule has 0 radical (unpaired) electrons. The largest absolute Gasteiger partial charge is 0.281 e. The lowest BCUT2D eigenvalue weighted by atomic mass is 10.0. The molecule has 1 aliphatic heterocycles. The van der Waals surface area contributed by atoms with Gasteiger partial charge in [0.1, 0.15) is 0 Å². The summed E-state index contributed by atoms with van der Waals surface area (Å²) >= 11 is 0. The average Bonchev–Trinajstić information content (AvgIpc) is 2.29. The molecule has 0 saturated carbocycles. The van der Waals surface area contributed by atoms with E-state index in [9.17, 15) is 8.42 Å². The van der Waals surface area contributed by atoms with Gasteiger partial charge in [-0.15, -0.1) is 0 Å². The van der Waals surface area contributed by atoms with Crippen LogP contribution in [0.25, 0.3) is 0 Å². The van der Waals surface area contributed by atoms with Crippen molar-refractivity contribution in [2.24, 2.45) is 5.92 Å². The van der Waals surface area contributed by atoms with Crippen LogP contribution in [0.5, 0.6) is 0 Å². The molecule has 0 N–H and O–H groups in total. The summed E-state index contributed by atoms with van der Waals surface area (Å²) in [5.41, 5.74) is 0. The normalized spacial score (nSPS) is 21.4. The van der Waals surface area contributed by atoms with E-state index in [1.165, 1.54) is 8.61 Å². The number of hydrogen-bond donors (Lipinski definition) is 0. The molecular weight excluding hydrogens is 238 g/mol. The van der Waals surface area contributed by atoms with Gasteiger partial charge in [-0.05, 0) is 25.7 Å². The van der Waals surface area contributed by atoms with Crippen LogP contribution in [0.3, 0.4) is 0 Å². The molecule has 0 aromatic rings. The zero-order valence-electron chi connectivity index (χ0n) is 10.8. The Morgan fingerprint density at radius 1 is 1.47 bits per heavy atom. The van der Waals surface area contributed by atoms with E-state index in [-0.39, 0.29) is 12.5 Å². The minimum atomic E-state index is -3.39. The Hall–Kier alpha value is -0.640. The first-order valence-electron chi connectivity index (χ1n) is 5.99. The minimum absolute atomic E-state index is 0.222. The van der Waals surface area contributed by atoms with Crippen LogP contribution in [-0.4, -0.2) is 43.2 Å². The molecule has 1 aliphatic rings. The van der Waals surface area contributed by atoms with Gasteiger partial charge in [0.05, 0.1) is 12.5 Å². The van der Waals surface area contributed by atoms with Gasteiger partial charge in [-0.2, -0.15) is 22.3 Å². The van der Waals surface area contributed by atoms with Crippen molar-refractivity contribution in [1.29, 1.82) is 5.26 Å². The van der Waals surface area contributed by atoms with Gasteiger partial charge in [0.15, 0.2) is 0 Å². The molecule has 0 spiro atoms. The standard InChI is InChI=1S/C11H21N3O2S/c1-10-5-8-14(9-6-10)17(15,16)13(3)11(2)4-7-12/h10-11H,4-6,8-9H2,1-3H3. The monoisotopic (exact) mass is 259 g/mol. The van der Waals surface area contributed by atoms with Gasteiger partial charge in [-0.1, -0.05) is 6.92 Å². The quantitative estimate of drug-likeness (QED) is 0.762. The van der Waals surface area contributed by atoms with Crippen molar-refractivity contribution in [2.75, 3.05) is 20.1 Å². The maximum Gasteiger partial charge on any atom is 0.281 e. The molecule has 1 saturated heterocycles. The predicted molar refractivity (Wildman–Crippen MR) is 66.3 cm³/mol. The van der Waals surface area contributed by atoms with Crippen molar-refractivity contribution in [3.8, 4) is 6.07 Å². The van der Waals surface area contributed by atoms with Crippen molar-refractivity contribution in [3.63, 3.8) is 0 Å². The molecule has 1 heterocycles.